The van der Waals surface area contributed by atoms with E-state index in [1.165, 1.54) is 0 Å². The minimum atomic E-state index is 0.164. The van der Waals surface area contributed by atoms with E-state index in [4.69, 9.17) is 15.5 Å². The number of hydrogen-bond donors (Lipinski definition) is 3. The van der Waals surface area contributed by atoms with Crippen molar-refractivity contribution in [1.29, 1.82) is 0 Å². The van der Waals surface area contributed by atoms with Crippen molar-refractivity contribution in [3.8, 4) is 16.5 Å². The summed E-state index contributed by atoms with van der Waals surface area (Å²) in [4.78, 5) is 17.9. The Bertz CT molecular complexity index is 1200. The Labute approximate surface area is 177 Å². The van der Waals surface area contributed by atoms with Crippen molar-refractivity contribution >= 4 is 39.0 Å². The van der Waals surface area contributed by atoms with Gasteiger partial charge in [-0.05, 0) is 43.7 Å². The number of nitrogen functional groups attached to an aromatic ring is 1. The van der Waals surface area contributed by atoms with Gasteiger partial charge in [-0.25, -0.2) is 15.0 Å². The lowest BCUT2D eigenvalue weighted by atomic mass is 10.2. The fourth-order valence-electron chi connectivity index (χ4n) is 3.40. The van der Waals surface area contributed by atoms with E-state index in [1.54, 1.807) is 17.5 Å². The summed E-state index contributed by atoms with van der Waals surface area (Å²) in [5.41, 5.74) is 8.68. The van der Waals surface area contributed by atoms with E-state index in [9.17, 15) is 0 Å². The average Bonchev–Trinajstić information content (AvgIpc) is 3.37. The van der Waals surface area contributed by atoms with Crippen molar-refractivity contribution in [3.63, 3.8) is 0 Å². The molecule has 0 amide bonds. The van der Waals surface area contributed by atoms with E-state index in [-0.39, 0.29) is 6.10 Å². The zero-order valence-electron chi connectivity index (χ0n) is 16.4. The monoisotopic (exact) mass is 419 g/mol. The van der Waals surface area contributed by atoms with E-state index < -0.39 is 0 Å². The largest absolute Gasteiger partial charge is 0.473 e. The van der Waals surface area contributed by atoms with Crippen LogP contribution in [0.2, 0.25) is 0 Å². The van der Waals surface area contributed by atoms with Crippen LogP contribution in [0.3, 0.4) is 0 Å². The second-order valence-electron chi connectivity index (χ2n) is 7.25. The van der Waals surface area contributed by atoms with Gasteiger partial charge in [-0.2, -0.15) is 4.98 Å². The fourth-order valence-corrected chi connectivity index (χ4v) is 4.31. The second-order valence-corrected chi connectivity index (χ2v) is 8.28. The molecule has 1 aliphatic rings. The first-order valence-corrected chi connectivity index (χ1v) is 10.6. The summed E-state index contributed by atoms with van der Waals surface area (Å²) in [6, 6.07) is 9.57. The molecule has 0 spiro atoms. The van der Waals surface area contributed by atoms with E-state index in [0.717, 1.165) is 45.9 Å². The first kappa shape index (κ1) is 18.7. The fraction of sp³-hybridized carbons (Fsp3) is 0.238. The Kier molecular flexibility index (Phi) is 4.89. The number of thiazole rings is 1. The number of aromatic nitrogens is 4. The molecule has 0 unspecified atom stereocenters. The Morgan fingerprint density at radius 2 is 2.10 bits per heavy atom. The maximum absolute atomic E-state index is 6.01. The van der Waals surface area contributed by atoms with Gasteiger partial charge in [0.25, 0.3) is 0 Å². The lowest BCUT2D eigenvalue weighted by Crippen LogP contribution is -2.20. The van der Waals surface area contributed by atoms with Gasteiger partial charge in [0, 0.05) is 36.6 Å². The second kappa shape index (κ2) is 7.85. The number of rotatable bonds is 5. The lowest BCUT2D eigenvalue weighted by Gasteiger charge is -2.13. The highest BCUT2D eigenvalue weighted by atomic mass is 32.1. The first-order chi connectivity index (χ1) is 14.6. The quantitative estimate of drug-likeness (QED) is 0.451. The van der Waals surface area contributed by atoms with Gasteiger partial charge in [-0.15, -0.1) is 11.3 Å². The molecule has 9 heteroatoms. The predicted octanol–water partition coefficient (Wildman–Crippen LogP) is 3.52. The van der Waals surface area contributed by atoms with Crippen LogP contribution in [0, 0.1) is 6.92 Å². The van der Waals surface area contributed by atoms with Crippen molar-refractivity contribution in [2.75, 3.05) is 24.1 Å². The molecule has 5 heterocycles. The molecule has 4 aromatic rings. The number of ether oxygens (including phenoxy) is 1. The zero-order chi connectivity index (χ0) is 20.5. The topological polar surface area (TPSA) is 111 Å². The summed E-state index contributed by atoms with van der Waals surface area (Å²) < 4.78 is 7.01. The zero-order valence-corrected chi connectivity index (χ0v) is 17.2. The van der Waals surface area contributed by atoms with Gasteiger partial charge in [0.2, 0.25) is 5.88 Å². The smallest absolute Gasteiger partial charge is 0.215 e. The Morgan fingerprint density at radius 3 is 2.93 bits per heavy atom. The van der Waals surface area contributed by atoms with Crippen molar-refractivity contribution in [2.45, 2.75) is 19.4 Å². The molecule has 0 bridgehead atoms. The van der Waals surface area contributed by atoms with Gasteiger partial charge in [-0.1, -0.05) is 0 Å². The molecule has 1 fully saturated rings. The van der Waals surface area contributed by atoms with Crippen LogP contribution in [-0.2, 0) is 0 Å². The van der Waals surface area contributed by atoms with Crippen molar-refractivity contribution < 1.29 is 4.74 Å². The van der Waals surface area contributed by atoms with Crippen LogP contribution in [0.15, 0.2) is 42.7 Å². The lowest BCUT2D eigenvalue weighted by molar-refractivity contribution is 0.214. The van der Waals surface area contributed by atoms with Crippen LogP contribution in [-0.4, -0.2) is 39.1 Å². The SMILES string of the molecule is Cc1cc(Nc2cc3nc(-c4ccnc(N)c4)sc3cn2)nc(O[C@H]2CCNC2)c1. The summed E-state index contributed by atoms with van der Waals surface area (Å²) in [6.07, 6.45) is 4.66. The summed E-state index contributed by atoms with van der Waals surface area (Å²) in [5.74, 6) is 2.48. The molecular formula is C21H21N7OS. The molecule has 152 valence electrons. The third-order valence-electron chi connectivity index (χ3n) is 4.81. The number of pyridine rings is 3. The van der Waals surface area contributed by atoms with Gasteiger partial charge < -0.3 is 21.1 Å². The van der Waals surface area contributed by atoms with Crippen molar-refractivity contribution in [1.82, 2.24) is 25.3 Å². The number of nitrogens with zero attached hydrogens (tertiary/aromatic N) is 4. The minimum Gasteiger partial charge on any atom is -0.473 e. The molecular weight excluding hydrogens is 398 g/mol. The summed E-state index contributed by atoms with van der Waals surface area (Å²) in [5, 5.41) is 7.46. The van der Waals surface area contributed by atoms with E-state index in [2.05, 4.69) is 25.6 Å². The van der Waals surface area contributed by atoms with Crippen LogP contribution < -0.4 is 21.1 Å². The highest BCUT2D eigenvalue weighted by Crippen LogP contribution is 2.31. The summed E-state index contributed by atoms with van der Waals surface area (Å²) in [6.45, 7) is 3.86. The van der Waals surface area contributed by atoms with Crippen LogP contribution in [0.5, 0.6) is 5.88 Å². The van der Waals surface area contributed by atoms with Gasteiger partial charge in [-0.3, -0.25) is 0 Å². The van der Waals surface area contributed by atoms with Gasteiger partial charge in [0.05, 0.1) is 10.2 Å². The molecule has 4 aromatic heterocycles. The third-order valence-corrected chi connectivity index (χ3v) is 5.86. The summed E-state index contributed by atoms with van der Waals surface area (Å²) in [7, 11) is 0. The Balaban J connectivity index is 1.39. The number of anilines is 3. The van der Waals surface area contributed by atoms with E-state index in [0.29, 0.717) is 23.3 Å². The van der Waals surface area contributed by atoms with Crippen LogP contribution in [0.1, 0.15) is 12.0 Å². The molecule has 1 atom stereocenters. The van der Waals surface area contributed by atoms with E-state index in [1.807, 2.05) is 43.5 Å². The normalized spacial score (nSPS) is 16.1. The highest BCUT2D eigenvalue weighted by molar-refractivity contribution is 7.21. The van der Waals surface area contributed by atoms with Crippen molar-refractivity contribution in [2.24, 2.45) is 0 Å². The first-order valence-electron chi connectivity index (χ1n) is 9.74. The molecule has 5 rings (SSSR count). The molecule has 0 saturated carbocycles. The molecule has 0 aliphatic carbocycles. The molecule has 4 N–H and O–H groups in total. The van der Waals surface area contributed by atoms with Crippen LogP contribution >= 0.6 is 11.3 Å². The van der Waals surface area contributed by atoms with Gasteiger partial charge in [0.1, 0.15) is 28.6 Å². The number of aryl methyl sites for hydroxylation is 1. The minimum absolute atomic E-state index is 0.164. The molecule has 1 saturated heterocycles. The number of hydrogen-bond acceptors (Lipinski definition) is 9. The number of nitrogens with two attached hydrogens (primary N) is 1. The van der Waals surface area contributed by atoms with Gasteiger partial charge in [0.15, 0.2) is 0 Å². The Hall–Kier alpha value is -3.30. The third kappa shape index (κ3) is 4.03. The summed E-state index contributed by atoms with van der Waals surface area (Å²) >= 11 is 1.57. The molecule has 30 heavy (non-hydrogen) atoms. The van der Waals surface area contributed by atoms with E-state index >= 15 is 0 Å². The standard InChI is InChI=1S/C21H21N7OS/c1-12-6-19(28-20(7-12)29-14-3-4-23-10-14)27-18-9-15-16(11-25-18)30-21(26-15)13-2-5-24-17(22)8-13/h2,5-9,11,14,23H,3-4,10H2,1H3,(H2,22,24)(H,25,27,28)/t14-/m0/s1. The van der Waals surface area contributed by atoms with Gasteiger partial charge >= 0.3 is 0 Å². The average molecular weight is 420 g/mol. The maximum atomic E-state index is 6.01. The van der Waals surface area contributed by atoms with Crippen molar-refractivity contribution in [3.05, 3.63) is 48.3 Å². The number of nitrogens with one attached hydrogen (secondary N) is 2. The molecule has 0 radical (unpaired) electrons. The number of fused-ring (bicyclic) bond motifs is 1. The molecule has 1 aliphatic heterocycles. The predicted molar refractivity (Wildman–Crippen MR) is 119 cm³/mol. The Morgan fingerprint density at radius 1 is 1.17 bits per heavy atom. The maximum Gasteiger partial charge on any atom is 0.215 e. The van der Waals surface area contributed by atoms with Crippen LogP contribution in [0.4, 0.5) is 17.5 Å². The van der Waals surface area contributed by atoms with Crippen LogP contribution in [0.25, 0.3) is 20.8 Å². The molecule has 0 aromatic carbocycles. The highest BCUT2D eigenvalue weighted by Gasteiger charge is 2.17. The molecule has 8 nitrogen and oxygen atoms in total.